The molecule has 0 spiro atoms. The van der Waals surface area contributed by atoms with E-state index < -0.39 is 17.7 Å². The van der Waals surface area contributed by atoms with Crippen molar-refractivity contribution in [3.63, 3.8) is 0 Å². The van der Waals surface area contributed by atoms with E-state index in [9.17, 15) is 14.7 Å². The molecule has 2 heterocycles. The van der Waals surface area contributed by atoms with Gasteiger partial charge < -0.3 is 9.84 Å². The summed E-state index contributed by atoms with van der Waals surface area (Å²) in [6.07, 6.45) is 5.15. The minimum absolute atomic E-state index is 0.296. The van der Waals surface area contributed by atoms with E-state index in [1.54, 1.807) is 17.8 Å². The van der Waals surface area contributed by atoms with E-state index in [0.717, 1.165) is 12.8 Å². The average molecular weight is 295 g/mol. The van der Waals surface area contributed by atoms with Crippen LogP contribution in [0.1, 0.15) is 49.9 Å². The zero-order valence-corrected chi connectivity index (χ0v) is 12.4. The quantitative estimate of drug-likeness (QED) is 0.861. The molecule has 1 aromatic rings. The molecule has 2 rings (SSSR count). The Morgan fingerprint density at radius 1 is 1.43 bits per heavy atom. The molecule has 7 heteroatoms. The third-order valence-corrected chi connectivity index (χ3v) is 4.03. The standard InChI is InChI=1S/C14H21N3O4/c1-3-14(7-5-6-8-16(14)13(19)20)17-10-11(9-15-17)12(18)21-4-2/h9-10H,3-8H2,1-2H3,(H,19,20). The molecule has 0 radical (unpaired) electrons. The number of carbonyl (C=O) groups is 2. The second-order valence-corrected chi connectivity index (χ2v) is 5.12. The Labute approximate surface area is 123 Å². The van der Waals surface area contributed by atoms with Gasteiger partial charge in [0.2, 0.25) is 0 Å². The second kappa shape index (κ2) is 6.15. The summed E-state index contributed by atoms with van der Waals surface area (Å²) in [7, 11) is 0. The lowest BCUT2D eigenvalue weighted by Gasteiger charge is -2.45. The summed E-state index contributed by atoms with van der Waals surface area (Å²) in [5.74, 6) is -0.437. The van der Waals surface area contributed by atoms with Crippen LogP contribution in [0.4, 0.5) is 4.79 Å². The Morgan fingerprint density at radius 2 is 2.19 bits per heavy atom. The molecule has 1 amide bonds. The van der Waals surface area contributed by atoms with Crippen LogP contribution in [-0.2, 0) is 10.4 Å². The molecule has 1 fully saturated rings. The summed E-state index contributed by atoms with van der Waals surface area (Å²) >= 11 is 0. The third kappa shape index (κ3) is 2.72. The molecule has 1 aromatic heterocycles. The van der Waals surface area contributed by atoms with Gasteiger partial charge in [-0.3, -0.25) is 4.90 Å². The molecule has 1 aliphatic rings. The van der Waals surface area contributed by atoms with E-state index >= 15 is 0 Å². The van der Waals surface area contributed by atoms with Crippen molar-refractivity contribution in [3.05, 3.63) is 18.0 Å². The molecule has 116 valence electrons. The van der Waals surface area contributed by atoms with Crippen molar-refractivity contribution in [1.82, 2.24) is 14.7 Å². The first-order chi connectivity index (χ1) is 10.0. The molecule has 1 N–H and O–H groups in total. The van der Waals surface area contributed by atoms with Crippen LogP contribution >= 0.6 is 0 Å². The van der Waals surface area contributed by atoms with Crippen molar-refractivity contribution in [2.75, 3.05) is 13.2 Å². The van der Waals surface area contributed by atoms with Crippen molar-refractivity contribution >= 4 is 12.1 Å². The third-order valence-electron chi connectivity index (χ3n) is 4.03. The normalized spacial score (nSPS) is 22.1. The number of aromatic nitrogens is 2. The van der Waals surface area contributed by atoms with Gasteiger partial charge in [0.15, 0.2) is 0 Å². The number of ether oxygens (including phenoxy) is 1. The number of carboxylic acid groups (broad SMARTS) is 1. The lowest BCUT2D eigenvalue weighted by Crippen LogP contribution is -2.55. The van der Waals surface area contributed by atoms with Crippen molar-refractivity contribution in [2.45, 2.75) is 45.2 Å². The van der Waals surface area contributed by atoms with Crippen LogP contribution in [0.15, 0.2) is 12.4 Å². The Bertz CT molecular complexity index is 528. The maximum absolute atomic E-state index is 11.7. The molecular formula is C14H21N3O4. The van der Waals surface area contributed by atoms with Crippen LogP contribution in [0.3, 0.4) is 0 Å². The molecule has 21 heavy (non-hydrogen) atoms. The molecule has 1 saturated heterocycles. The number of amides is 1. The maximum atomic E-state index is 11.7. The predicted molar refractivity (Wildman–Crippen MR) is 75.0 cm³/mol. The Kier molecular flexibility index (Phi) is 4.50. The van der Waals surface area contributed by atoms with E-state index in [-0.39, 0.29) is 0 Å². The lowest BCUT2D eigenvalue weighted by molar-refractivity contribution is -0.0175. The van der Waals surface area contributed by atoms with Crippen LogP contribution in [0.25, 0.3) is 0 Å². The number of carbonyl (C=O) groups excluding carboxylic acids is 1. The maximum Gasteiger partial charge on any atom is 0.409 e. The van der Waals surface area contributed by atoms with Gasteiger partial charge in [0.05, 0.1) is 18.4 Å². The number of likely N-dealkylation sites (tertiary alicyclic amines) is 1. The summed E-state index contributed by atoms with van der Waals surface area (Å²) in [6, 6.07) is 0. The van der Waals surface area contributed by atoms with Gasteiger partial charge in [-0.15, -0.1) is 0 Å². The molecule has 0 aromatic carbocycles. The van der Waals surface area contributed by atoms with Gasteiger partial charge >= 0.3 is 12.1 Å². The largest absolute Gasteiger partial charge is 0.465 e. The molecule has 0 aliphatic carbocycles. The van der Waals surface area contributed by atoms with Gasteiger partial charge in [-0.2, -0.15) is 5.10 Å². The van der Waals surface area contributed by atoms with Crippen molar-refractivity contribution in [2.24, 2.45) is 0 Å². The van der Waals surface area contributed by atoms with Crippen molar-refractivity contribution in [3.8, 4) is 0 Å². The average Bonchev–Trinajstić information content (AvgIpc) is 2.97. The second-order valence-electron chi connectivity index (χ2n) is 5.12. The first kappa shape index (κ1) is 15.3. The Balaban J connectivity index is 2.35. The van der Waals surface area contributed by atoms with E-state index in [4.69, 9.17) is 4.74 Å². The smallest absolute Gasteiger partial charge is 0.409 e. The van der Waals surface area contributed by atoms with Crippen LogP contribution in [0.2, 0.25) is 0 Å². The fourth-order valence-corrected chi connectivity index (χ4v) is 2.93. The molecule has 1 atom stereocenters. The number of hydrogen-bond acceptors (Lipinski definition) is 4. The van der Waals surface area contributed by atoms with E-state index in [1.165, 1.54) is 11.1 Å². The fraction of sp³-hybridized carbons (Fsp3) is 0.643. The van der Waals surface area contributed by atoms with Gasteiger partial charge in [0.1, 0.15) is 5.66 Å². The molecule has 1 aliphatic heterocycles. The van der Waals surface area contributed by atoms with Gasteiger partial charge in [-0.1, -0.05) is 6.92 Å². The van der Waals surface area contributed by atoms with Crippen LogP contribution < -0.4 is 0 Å². The highest BCUT2D eigenvalue weighted by molar-refractivity contribution is 5.88. The Morgan fingerprint density at radius 3 is 2.81 bits per heavy atom. The van der Waals surface area contributed by atoms with Crippen molar-refractivity contribution in [1.29, 1.82) is 0 Å². The number of hydrogen-bond donors (Lipinski definition) is 1. The van der Waals surface area contributed by atoms with Gasteiger partial charge in [-0.25, -0.2) is 14.3 Å². The van der Waals surface area contributed by atoms with Gasteiger partial charge in [0.25, 0.3) is 0 Å². The van der Waals surface area contributed by atoms with E-state index in [0.29, 0.717) is 31.6 Å². The highest BCUT2D eigenvalue weighted by Crippen LogP contribution is 2.35. The highest BCUT2D eigenvalue weighted by Gasteiger charge is 2.42. The number of esters is 1. The summed E-state index contributed by atoms with van der Waals surface area (Å²) < 4.78 is 6.55. The zero-order chi connectivity index (χ0) is 15.5. The molecular weight excluding hydrogens is 274 g/mol. The van der Waals surface area contributed by atoms with Gasteiger partial charge in [-0.05, 0) is 32.6 Å². The molecule has 7 nitrogen and oxygen atoms in total. The zero-order valence-electron chi connectivity index (χ0n) is 12.4. The fourth-order valence-electron chi connectivity index (χ4n) is 2.93. The van der Waals surface area contributed by atoms with E-state index in [2.05, 4.69) is 5.10 Å². The topological polar surface area (TPSA) is 84.7 Å². The number of nitrogens with zero attached hydrogens (tertiary/aromatic N) is 3. The number of rotatable bonds is 4. The molecule has 0 saturated carbocycles. The van der Waals surface area contributed by atoms with E-state index in [1.807, 2.05) is 6.92 Å². The summed E-state index contributed by atoms with van der Waals surface area (Å²) in [5, 5.41) is 13.7. The number of piperidine rings is 1. The molecule has 0 bridgehead atoms. The predicted octanol–water partition coefficient (Wildman–Crippen LogP) is 2.29. The van der Waals surface area contributed by atoms with Crippen LogP contribution in [0.5, 0.6) is 0 Å². The van der Waals surface area contributed by atoms with Crippen LogP contribution in [0, 0.1) is 0 Å². The minimum Gasteiger partial charge on any atom is -0.465 e. The first-order valence-corrected chi connectivity index (χ1v) is 7.28. The lowest BCUT2D eigenvalue weighted by atomic mass is 9.93. The summed E-state index contributed by atoms with van der Waals surface area (Å²) in [4.78, 5) is 24.7. The van der Waals surface area contributed by atoms with Crippen molar-refractivity contribution < 1.29 is 19.4 Å². The minimum atomic E-state index is -0.954. The van der Waals surface area contributed by atoms with Gasteiger partial charge in [0, 0.05) is 12.7 Å². The first-order valence-electron chi connectivity index (χ1n) is 7.28. The highest BCUT2D eigenvalue weighted by atomic mass is 16.5. The Hall–Kier alpha value is -2.05. The SMILES string of the molecule is CCOC(=O)c1cnn(C2(CC)CCCCN2C(=O)O)c1. The van der Waals surface area contributed by atoms with Crippen LogP contribution in [-0.4, -0.2) is 45.0 Å². The summed E-state index contributed by atoms with van der Waals surface area (Å²) in [6.45, 7) is 4.46. The molecule has 1 unspecified atom stereocenters. The monoisotopic (exact) mass is 295 g/mol. The summed E-state index contributed by atoms with van der Waals surface area (Å²) in [5.41, 5.74) is -0.366.